The molecular weight excluding hydrogens is 258 g/mol. The summed E-state index contributed by atoms with van der Waals surface area (Å²) in [5, 5.41) is 2.05. The van der Waals surface area contributed by atoms with Gasteiger partial charge in [0.25, 0.3) is 0 Å². The fourth-order valence-electron chi connectivity index (χ4n) is 3.17. The van der Waals surface area contributed by atoms with Gasteiger partial charge in [0.05, 0.1) is 11.3 Å². The Kier molecular flexibility index (Phi) is 3.60. The number of aromatic nitrogens is 2. The topological polar surface area (TPSA) is 52.5 Å². The first-order valence-corrected chi connectivity index (χ1v) is 7.92. The van der Waals surface area contributed by atoms with Gasteiger partial charge in [-0.1, -0.05) is 12.8 Å². The van der Waals surface area contributed by atoms with Crippen molar-refractivity contribution in [3.8, 4) is 0 Å². The molecule has 1 saturated carbocycles. The van der Waals surface area contributed by atoms with Crippen LogP contribution in [-0.4, -0.2) is 27.6 Å². The van der Waals surface area contributed by atoms with Gasteiger partial charge in [-0.15, -0.1) is 11.3 Å². The van der Waals surface area contributed by atoms with Crippen LogP contribution in [0, 0.1) is 0 Å². The molecule has 5 heteroatoms. The van der Waals surface area contributed by atoms with Crippen LogP contribution >= 0.6 is 11.3 Å². The highest BCUT2D eigenvalue weighted by Crippen LogP contribution is 2.36. The summed E-state index contributed by atoms with van der Waals surface area (Å²) < 4.78 is 8.09. The lowest BCUT2D eigenvalue weighted by molar-refractivity contribution is -0.0526. The van der Waals surface area contributed by atoms with Crippen molar-refractivity contribution in [2.75, 3.05) is 6.61 Å². The largest absolute Gasteiger partial charge is 0.374 e. The van der Waals surface area contributed by atoms with Crippen LogP contribution in [0.5, 0.6) is 0 Å². The average molecular weight is 279 g/mol. The standard InChI is InChI=1S/C14H21N3OS/c1-2-18-14(5-3-4-6-14)12(15)9-11-10-17-7-8-19-13(17)16-11/h7-8,10,12H,2-6,9,15H2,1H3. The maximum Gasteiger partial charge on any atom is 0.193 e. The lowest BCUT2D eigenvalue weighted by Gasteiger charge is -2.34. The van der Waals surface area contributed by atoms with E-state index in [0.29, 0.717) is 0 Å². The summed E-state index contributed by atoms with van der Waals surface area (Å²) >= 11 is 1.66. The average Bonchev–Trinajstić information content (AvgIpc) is 3.04. The fraction of sp³-hybridized carbons (Fsp3) is 0.643. The number of ether oxygens (including phenoxy) is 1. The summed E-state index contributed by atoms with van der Waals surface area (Å²) in [4.78, 5) is 5.66. The van der Waals surface area contributed by atoms with Crippen molar-refractivity contribution in [1.29, 1.82) is 0 Å². The SMILES string of the molecule is CCOC1(C(N)Cc2cn3ccsc3n2)CCCC1. The van der Waals surface area contributed by atoms with Gasteiger partial charge >= 0.3 is 0 Å². The van der Waals surface area contributed by atoms with Crippen molar-refractivity contribution in [3.63, 3.8) is 0 Å². The minimum absolute atomic E-state index is 0.0413. The maximum absolute atomic E-state index is 6.45. The van der Waals surface area contributed by atoms with Gasteiger partial charge in [-0.05, 0) is 19.8 Å². The van der Waals surface area contributed by atoms with E-state index >= 15 is 0 Å². The number of thiazole rings is 1. The Morgan fingerprint density at radius 1 is 1.53 bits per heavy atom. The van der Waals surface area contributed by atoms with Gasteiger partial charge in [-0.25, -0.2) is 4.98 Å². The Hall–Kier alpha value is -0.910. The van der Waals surface area contributed by atoms with E-state index in [2.05, 4.69) is 22.5 Å². The first kappa shape index (κ1) is 13.1. The molecule has 2 heterocycles. The van der Waals surface area contributed by atoms with Crippen molar-refractivity contribution < 1.29 is 4.74 Å². The second-order valence-electron chi connectivity index (χ2n) is 5.34. The molecule has 1 atom stereocenters. The molecule has 2 aromatic heterocycles. The first-order valence-electron chi connectivity index (χ1n) is 7.04. The summed E-state index contributed by atoms with van der Waals surface area (Å²) in [7, 11) is 0. The van der Waals surface area contributed by atoms with Crippen LogP contribution in [0.2, 0.25) is 0 Å². The Morgan fingerprint density at radius 3 is 3.00 bits per heavy atom. The van der Waals surface area contributed by atoms with Crippen LogP contribution in [0.15, 0.2) is 17.8 Å². The zero-order chi connectivity index (χ0) is 13.3. The van der Waals surface area contributed by atoms with Gasteiger partial charge in [0.1, 0.15) is 0 Å². The third-order valence-electron chi connectivity index (χ3n) is 4.13. The van der Waals surface area contributed by atoms with E-state index in [1.165, 1.54) is 12.8 Å². The Balaban J connectivity index is 1.75. The summed E-state index contributed by atoms with van der Waals surface area (Å²) in [6.45, 7) is 2.80. The molecule has 1 unspecified atom stereocenters. The molecular formula is C14H21N3OS. The maximum atomic E-state index is 6.45. The molecule has 0 aromatic carbocycles. The first-order chi connectivity index (χ1) is 9.23. The van der Waals surface area contributed by atoms with Crippen molar-refractivity contribution in [2.24, 2.45) is 5.73 Å². The normalized spacial score (nSPS) is 20.1. The Bertz CT molecular complexity index is 513. The van der Waals surface area contributed by atoms with E-state index in [0.717, 1.165) is 36.5 Å². The number of hydrogen-bond acceptors (Lipinski definition) is 4. The van der Waals surface area contributed by atoms with Crippen LogP contribution in [0.3, 0.4) is 0 Å². The van der Waals surface area contributed by atoms with E-state index in [1.54, 1.807) is 11.3 Å². The number of nitrogens with two attached hydrogens (primary N) is 1. The molecule has 4 nitrogen and oxygen atoms in total. The van der Waals surface area contributed by atoms with Gasteiger partial charge in [0.2, 0.25) is 0 Å². The molecule has 2 N–H and O–H groups in total. The molecule has 1 aliphatic carbocycles. The van der Waals surface area contributed by atoms with Crippen molar-refractivity contribution in [3.05, 3.63) is 23.5 Å². The van der Waals surface area contributed by atoms with E-state index in [9.17, 15) is 0 Å². The molecule has 3 rings (SSSR count). The van der Waals surface area contributed by atoms with Crippen molar-refractivity contribution in [2.45, 2.75) is 50.7 Å². The van der Waals surface area contributed by atoms with E-state index in [-0.39, 0.29) is 11.6 Å². The molecule has 0 saturated heterocycles. The number of imidazole rings is 1. The van der Waals surface area contributed by atoms with Gasteiger partial charge in [0.15, 0.2) is 4.96 Å². The Labute approximate surface area is 117 Å². The smallest absolute Gasteiger partial charge is 0.193 e. The molecule has 1 aliphatic rings. The minimum Gasteiger partial charge on any atom is -0.374 e. The predicted molar refractivity (Wildman–Crippen MR) is 77.6 cm³/mol. The van der Waals surface area contributed by atoms with Crippen LogP contribution in [0.1, 0.15) is 38.3 Å². The van der Waals surface area contributed by atoms with E-state index in [1.807, 2.05) is 11.6 Å². The lowest BCUT2D eigenvalue weighted by Crippen LogP contribution is -2.49. The van der Waals surface area contributed by atoms with E-state index < -0.39 is 0 Å². The minimum atomic E-state index is -0.119. The van der Waals surface area contributed by atoms with Crippen LogP contribution < -0.4 is 5.73 Å². The monoisotopic (exact) mass is 279 g/mol. The van der Waals surface area contributed by atoms with Crippen LogP contribution in [0.25, 0.3) is 4.96 Å². The molecule has 0 bridgehead atoms. The van der Waals surface area contributed by atoms with E-state index in [4.69, 9.17) is 10.5 Å². The third-order valence-corrected chi connectivity index (χ3v) is 4.90. The second-order valence-corrected chi connectivity index (χ2v) is 6.21. The van der Waals surface area contributed by atoms with Gasteiger partial charge in [-0.3, -0.25) is 4.40 Å². The molecule has 0 spiro atoms. The molecule has 19 heavy (non-hydrogen) atoms. The molecule has 1 fully saturated rings. The second kappa shape index (κ2) is 5.23. The highest BCUT2D eigenvalue weighted by atomic mass is 32.1. The molecule has 2 aromatic rings. The number of rotatable bonds is 5. The summed E-state index contributed by atoms with van der Waals surface area (Å²) in [5.74, 6) is 0. The van der Waals surface area contributed by atoms with Crippen LogP contribution in [0.4, 0.5) is 0 Å². The number of hydrogen-bond donors (Lipinski definition) is 1. The quantitative estimate of drug-likeness (QED) is 0.915. The molecule has 0 amide bonds. The highest BCUT2D eigenvalue weighted by Gasteiger charge is 2.40. The summed E-state index contributed by atoms with van der Waals surface area (Å²) in [5.41, 5.74) is 7.41. The van der Waals surface area contributed by atoms with Crippen molar-refractivity contribution in [1.82, 2.24) is 9.38 Å². The number of nitrogens with zero attached hydrogens (tertiary/aromatic N) is 2. The fourth-order valence-corrected chi connectivity index (χ4v) is 3.89. The molecule has 0 radical (unpaired) electrons. The Morgan fingerprint density at radius 2 is 2.32 bits per heavy atom. The zero-order valence-electron chi connectivity index (χ0n) is 11.3. The molecule has 104 valence electrons. The summed E-state index contributed by atoms with van der Waals surface area (Å²) in [6.07, 6.45) is 9.55. The lowest BCUT2D eigenvalue weighted by atomic mass is 9.89. The van der Waals surface area contributed by atoms with Gasteiger partial charge in [0, 0.05) is 36.8 Å². The molecule has 0 aliphatic heterocycles. The zero-order valence-corrected chi connectivity index (χ0v) is 12.2. The summed E-state index contributed by atoms with van der Waals surface area (Å²) in [6, 6.07) is 0.0413. The predicted octanol–water partition coefficient (Wildman–Crippen LogP) is 2.61. The number of fused-ring (bicyclic) bond motifs is 1. The van der Waals surface area contributed by atoms with Crippen molar-refractivity contribution >= 4 is 16.3 Å². The van der Waals surface area contributed by atoms with Gasteiger partial charge in [-0.2, -0.15) is 0 Å². The third kappa shape index (κ3) is 2.42. The highest BCUT2D eigenvalue weighted by molar-refractivity contribution is 7.15. The van der Waals surface area contributed by atoms with Gasteiger partial charge < -0.3 is 10.5 Å². The van der Waals surface area contributed by atoms with Crippen LogP contribution in [-0.2, 0) is 11.2 Å².